The Kier molecular flexibility index (Phi) is 2.40. The lowest BCUT2D eigenvalue weighted by Crippen LogP contribution is -2.27. The minimum atomic E-state index is -1.07. The van der Waals surface area contributed by atoms with E-state index in [2.05, 4.69) is 10.4 Å². The van der Waals surface area contributed by atoms with Gasteiger partial charge in [0.25, 0.3) is 0 Å². The van der Waals surface area contributed by atoms with Crippen molar-refractivity contribution in [2.45, 2.75) is 19.5 Å². The summed E-state index contributed by atoms with van der Waals surface area (Å²) in [6.07, 6.45) is 3.42. The van der Waals surface area contributed by atoms with Crippen molar-refractivity contribution >= 4 is 11.9 Å². The van der Waals surface area contributed by atoms with Gasteiger partial charge in [-0.05, 0) is 18.9 Å². The molecule has 1 aliphatic rings. The minimum absolute atomic E-state index is 0.0161. The van der Waals surface area contributed by atoms with Gasteiger partial charge in [-0.2, -0.15) is 5.10 Å². The van der Waals surface area contributed by atoms with Crippen LogP contribution in [0, 0.1) is 5.92 Å². The van der Waals surface area contributed by atoms with Gasteiger partial charge in [-0.15, -0.1) is 0 Å². The SMILES string of the molecule is O=C(O)c1ccn(CNC(=O)C2CC2)n1. The average molecular weight is 209 g/mol. The van der Waals surface area contributed by atoms with Gasteiger partial charge in [-0.25, -0.2) is 4.79 Å². The molecule has 1 heterocycles. The van der Waals surface area contributed by atoms with Crippen LogP contribution in [0.25, 0.3) is 0 Å². The zero-order valence-electron chi connectivity index (χ0n) is 8.01. The summed E-state index contributed by atoms with van der Waals surface area (Å²) >= 11 is 0. The Bertz CT molecular complexity index is 395. The largest absolute Gasteiger partial charge is 0.476 e. The third-order valence-corrected chi connectivity index (χ3v) is 2.22. The van der Waals surface area contributed by atoms with E-state index in [0.717, 1.165) is 12.8 Å². The van der Waals surface area contributed by atoms with Crippen LogP contribution in [0.15, 0.2) is 12.3 Å². The summed E-state index contributed by atoms with van der Waals surface area (Å²) in [5.74, 6) is -0.899. The summed E-state index contributed by atoms with van der Waals surface area (Å²) in [6.45, 7) is 0.225. The lowest BCUT2D eigenvalue weighted by atomic mass is 10.4. The number of carbonyl (C=O) groups excluding carboxylic acids is 1. The molecule has 1 aromatic heterocycles. The molecule has 2 rings (SSSR count). The first-order chi connectivity index (χ1) is 7.16. The number of carboxylic acid groups (broad SMARTS) is 1. The molecule has 80 valence electrons. The molecule has 0 bridgehead atoms. The summed E-state index contributed by atoms with van der Waals surface area (Å²) in [6, 6.07) is 1.39. The lowest BCUT2D eigenvalue weighted by molar-refractivity contribution is -0.122. The quantitative estimate of drug-likeness (QED) is 0.734. The van der Waals surface area contributed by atoms with Crippen LogP contribution in [0.5, 0.6) is 0 Å². The van der Waals surface area contributed by atoms with Crippen LogP contribution in [0.3, 0.4) is 0 Å². The van der Waals surface area contributed by atoms with Crippen LogP contribution < -0.4 is 5.32 Å². The Morgan fingerprint density at radius 3 is 2.87 bits per heavy atom. The molecule has 6 nitrogen and oxygen atoms in total. The molecular weight excluding hydrogens is 198 g/mol. The maximum Gasteiger partial charge on any atom is 0.356 e. The number of amides is 1. The number of carbonyl (C=O) groups is 2. The fraction of sp³-hybridized carbons (Fsp3) is 0.444. The lowest BCUT2D eigenvalue weighted by Gasteiger charge is -2.03. The number of aromatic nitrogens is 2. The summed E-state index contributed by atoms with van der Waals surface area (Å²) in [7, 11) is 0. The van der Waals surface area contributed by atoms with Gasteiger partial charge in [0.2, 0.25) is 5.91 Å². The fourth-order valence-electron chi connectivity index (χ4n) is 1.21. The first-order valence-electron chi connectivity index (χ1n) is 4.71. The monoisotopic (exact) mass is 209 g/mol. The number of nitrogens with zero attached hydrogens (tertiary/aromatic N) is 2. The molecule has 1 fully saturated rings. The Labute approximate surface area is 85.9 Å². The average Bonchev–Trinajstić information content (AvgIpc) is 2.93. The highest BCUT2D eigenvalue weighted by molar-refractivity contribution is 5.85. The van der Waals surface area contributed by atoms with Crippen molar-refractivity contribution in [1.29, 1.82) is 0 Å². The Morgan fingerprint density at radius 2 is 2.33 bits per heavy atom. The second-order valence-corrected chi connectivity index (χ2v) is 3.52. The van der Waals surface area contributed by atoms with Gasteiger partial charge in [-0.1, -0.05) is 0 Å². The van der Waals surface area contributed by atoms with Gasteiger partial charge in [0, 0.05) is 12.1 Å². The van der Waals surface area contributed by atoms with E-state index in [-0.39, 0.29) is 24.2 Å². The molecule has 0 radical (unpaired) electrons. The Morgan fingerprint density at radius 1 is 1.60 bits per heavy atom. The predicted octanol–water partition coefficient (Wildman–Crippen LogP) is 0.0650. The van der Waals surface area contributed by atoms with Crippen LogP contribution in [0.2, 0.25) is 0 Å². The molecule has 0 atom stereocenters. The second-order valence-electron chi connectivity index (χ2n) is 3.52. The maximum absolute atomic E-state index is 11.3. The smallest absolute Gasteiger partial charge is 0.356 e. The third kappa shape index (κ3) is 2.34. The number of rotatable bonds is 4. The molecule has 0 spiro atoms. The van der Waals surface area contributed by atoms with E-state index in [9.17, 15) is 9.59 Å². The Hall–Kier alpha value is -1.85. The fourth-order valence-corrected chi connectivity index (χ4v) is 1.21. The first-order valence-corrected chi connectivity index (χ1v) is 4.71. The maximum atomic E-state index is 11.3. The van der Waals surface area contributed by atoms with E-state index in [4.69, 9.17) is 5.11 Å². The van der Waals surface area contributed by atoms with Crippen LogP contribution in [-0.2, 0) is 11.5 Å². The number of aromatic carboxylic acids is 1. The summed E-state index contributed by atoms with van der Waals surface area (Å²) in [5, 5.41) is 15.1. The van der Waals surface area contributed by atoms with Crippen molar-refractivity contribution in [3.05, 3.63) is 18.0 Å². The van der Waals surface area contributed by atoms with Crippen molar-refractivity contribution < 1.29 is 14.7 Å². The van der Waals surface area contributed by atoms with E-state index >= 15 is 0 Å². The molecule has 1 aromatic rings. The van der Waals surface area contributed by atoms with E-state index in [1.54, 1.807) is 0 Å². The predicted molar refractivity (Wildman–Crippen MR) is 50.1 cm³/mol. The molecule has 1 amide bonds. The van der Waals surface area contributed by atoms with Crippen LogP contribution in [0.1, 0.15) is 23.3 Å². The zero-order valence-corrected chi connectivity index (χ0v) is 8.01. The summed E-state index contributed by atoms with van der Waals surface area (Å²) in [5.41, 5.74) is -0.0179. The van der Waals surface area contributed by atoms with Crippen molar-refractivity contribution in [3.8, 4) is 0 Å². The topological polar surface area (TPSA) is 84.2 Å². The molecular formula is C9H11N3O3. The van der Waals surface area contributed by atoms with E-state index < -0.39 is 5.97 Å². The standard InChI is InChI=1S/C9H11N3O3/c13-8(6-1-2-6)10-5-12-4-3-7(11-12)9(14)15/h3-4,6H,1-2,5H2,(H,10,13)(H,14,15). The molecule has 1 aliphatic carbocycles. The summed E-state index contributed by atoms with van der Waals surface area (Å²) in [4.78, 5) is 21.8. The van der Waals surface area contributed by atoms with Crippen LogP contribution in [-0.4, -0.2) is 26.8 Å². The highest BCUT2D eigenvalue weighted by Crippen LogP contribution is 2.28. The number of nitrogens with one attached hydrogen (secondary N) is 1. The summed E-state index contributed by atoms with van der Waals surface area (Å²) < 4.78 is 1.39. The molecule has 0 unspecified atom stereocenters. The third-order valence-electron chi connectivity index (χ3n) is 2.22. The molecule has 6 heteroatoms. The van der Waals surface area contributed by atoms with Gasteiger partial charge in [0.15, 0.2) is 5.69 Å². The Balaban J connectivity index is 1.87. The number of carboxylic acids is 1. The van der Waals surface area contributed by atoms with Crippen LogP contribution >= 0.6 is 0 Å². The number of hydrogen-bond acceptors (Lipinski definition) is 3. The van der Waals surface area contributed by atoms with Gasteiger partial charge in [0.05, 0.1) is 0 Å². The highest BCUT2D eigenvalue weighted by Gasteiger charge is 2.29. The van der Waals surface area contributed by atoms with Crippen molar-refractivity contribution in [1.82, 2.24) is 15.1 Å². The minimum Gasteiger partial charge on any atom is -0.476 e. The first kappa shape index (κ1) is 9.70. The van der Waals surface area contributed by atoms with Gasteiger partial charge in [0.1, 0.15) is 6.67 Å². The molecule has 1 saturated carbocycles. The van der Waals surface area contributed by atoms with Crippen LogP contribution in [0.4, 0.5) is 0 Å². The van der Waals surface area contributed by atoms with E-state index in [0.29, 0.717) is 0 Å². The zero-order chi connectivity index (χ0) is 10.8. The van der Waals surface area contributed by atoms with E-state index in [1.165, 1.54) is 16.9 Å². The van der Waals surface area contributed by atoms with E-state index in [1.807, 2.05) is 0 Å². The molecule has 0 aliphatic heterocycles. The second kappa shape index (κ2) is 3.72. The highest BCUT2D eigenvalue weighted by atomic mass is 16.4. The van der Waals surface area contributed by atoms with Crippen molar-refractivity contribution in [2.75, 3.05) is 0 Å². The molecule has 2 N–H and O–H groups in total. The molecule has 0 saturated heterocycles. The van der Waals surface area contributed by atoms with Crippen molar-refractivity contribution in [2.24, 2.45) is 5.92 Å². The van der Waals surface area contributed by atoms with Gasteiger partial charge in [-0.3, -0.25) is 9.48 Å². The van der Waals surface area contributed by atoms with Gasteiger partial charge >= 0.3 is 5.97 Å². The molecule has 0 aromatic carbocycles. The number of hydrogen-bond donors (Lipinski definition) is 2. The normalized spacial score (nSPS) is 14.9. The molecule has 15 heavy (non-hydrogen) atoms. The van der Waals surface area contributed by atoms with Gasteiger partial charge < -0.3 is 10.4 Å². The van der Waals surface area contributed by atoms with Crippen molar-refractivity contribution in [3.63, 3.8) is 0 Å².